The summed E-state index contributed by atoms with van der Waals surface area (Å²) in [6.07, 6.45) is 7.03. The zero-order chi connectivity index (χ0) is 15.5. The van der Waals surface area contributed by atoms with Crippen LogP contribution < -0.4 is 5.19 Å². The molecule has 0 N–H and O–H groups in total. The molecule has 3 atom stereocenters. The van der Waals surface area contributed by atoms with Gasteiger partial charge in [-0.05, 0) is 30.0 Å². The van der Waals surface area contributed by atoms with E-state index in [4.69, 9.17) is 4.43 Å². The predicted molar refractivity (Wildman–Crippen MR) is 97.7 cm³/mol. The van der Waals surface area contributed by atoms with Crippen LogP contribution in [0.15, 0.2) is 42.5 Å². The minimum Gasteiger partial charge on any atom is -0.404 e. The highest BCUT2D eigenvalue weighted by molar-refractivity contribution is 9.10. The second kappa shape index (κ2) is 6.80. The molecule has 1 nitrogen and oxygen atoms in total. The minimum atomic E-state index is -1.96. The third-order valence-corrected chi connectivity index (χ3v) is 11.4. The van der Waals surface area contributed by atoms with Crippen molar-refractivity contribution in [2.75, 3.05) is 0 Å². The summed E-state index contributed by atoms with van der Waals surface area (Å²) < 4.78 is 7.42. The molecule has 1 heterocycles. The van der Waals surface area contributed by atoms with E-state index in [1.165, 1.54) is 24.1 Å². The lowest BCUT2D eigenvalue weighted by atomic mass is 9.89. The molecule has 116 valence electrons. The number of hydrogen-bond acceptors (Lipinski definition) is 1. The quantitative estimate of drug-likeness (QED) is 0.416. The van der Waals surface area contributed by atoms with Gasteiger partial charge < -0.3 is 4.43 Å². The molecule has 0 spiro atoms. The van der Waals surface area contributed by atoms with Crippen molar-refractivity contribution in [1.82, 2.24) is 0 Å². The second-order valence-corrected chi connectivity index (χ2v) is 12.8. The summed E-state index contributed by atoms with van der Waals surface area (Å²) in [5.41, 5.74) is 0.122. The smallest absolute Gasteiger partial charge is 0.238 e. The first kappa shape index (κ1) is 17.0. The molecule has 1 saturated heterocycles. The van der Waals surface area contributed by atoms with Gasteiger partial charge in [-0.25, -0.2) is 0 Å². The Bertz CT molecular complexity index is 480. The predicted octanol–water partition coefficient (Wildman–Crippen LogP) is 4.94. The Morgan fingerprint density at radius 2 is 1.95 bits per heavy atom. The molecule has 21 heavy (non-hydrogen) atoms. The Labute approximate surface area is 139 Å². The van der Waals surface area contributed by atoms with Gasteiger partial charge in [0.15, 0.2) is 0 Å². The average molecular weight is 367 g/mol. The van der Waals surface area contributed by atoms with E-state index >= 15 is 0 Å². The molecular weight excluding hydrogens is 340 g/mol. The molecule has 0 amide bonds. The molecule has 2 unspecified atom stereocenters. The van der Waals surface area contributed by atoms with Gasteiger partial charge in [0.2, 0.25) is 8.32 Å². The molecule has 0 radical (unpaired) electrons. The maximum Gasteiger partial charge on any atom is 0.238 e. The molecule has 1 aliphatic rings. The summed E-state index contributed by atoms with van der Waals surface area (Å²) in [7, 11) is -1.96. The number of halogens is 1. The average Bonchev–Trinajstić information content (AvgIpc) is 2.81. The van der Waals surface area contributed by atoms with Crippen LogP contribution in [-0.4, -0.2) is 18.9 Å². The van der Waals surface area contributed by atoms with Crippen molar-refractivity contribution >= 4 is 29.4 Å². The van der Waals surface area contributed by atoms with Crippen molar-refractivity contribution in [3.05, 3.63) is 42.5 Å². The van der Waals surface area contributed by atoms with Crippen LogP contribution in [0.5, 0.6) is 0 Å². The van der Waals surface area contributed by atoms with Crippen LogP contribution in [0.3, 0.4) is 0 Å². The maximum atomic E-state index is 6.91. The Kier molecular flexibility index (Phi) is 5.50. The van der Waals surface area contributed by atoms with E-state index in [9.17, 15) is 0 Å². The lowest BCUT2D eigenvalue weighted by molar-refractivity contribution is 0.121. The molecule has 2 rings (SSSR count). The van der Waals surface area contributed by atoms with E-state index in [-0.39, 0.29) is 11.5 Å². The summed E-state index contributed by atoms with van der Waals surface area (Å²) >= 11 is 3.96. The van der Waals surface area contributed by atoms with E-state index < -0.39 is 8.32 Å². The first-order valence-corrected chi connectivity index (χ1v) is 11.0. The Balaban J connectivity index is 2.38. The van der Waals surface area contributed by atoms with Gasteiger partial charge in [0, 0.05) is 4.45 Å². The van der Waals surface area contributed by atoms with Crippen molar-refractivity contribution in [1.29, 1.82) is 0 Å². The number of benzene rings is 1. The highest BCUT2D eigenvalue weighted by atomic mass is 79.9. The fourth-order valence-electron chi connectivity index (χ4n) is 3.09. The topological polar surface area (TPSA) is 9.23 Å². The molecule has 0 bridgehead atoms. The van der Waals surface area contributed by atoms with Gasteiger partial charge in [0.1, 0.15) is 0 Å². The summed E-state index contributed by atoms with van der Waals surface area (Å²) in [6, 6.07) is 12.1. The minimum absolute atomic E-state index is 0.122. The Morgan fingerprint density at radius 3 is 2.43 bits per heavy atom. The first-order valence-electron chi connectivity index (χ1n) is 7.90. The third-order valence-electron chi connectivity index (χ3n) is 4.33. The zero-order valence-electron chi connectivity index (χ0n) is 13.6. The lowest BCUT2D eigenvalue weighted by Crippen LogP contribution is -2.58. The van der Waals surface area contributed by atoms with Crippen molar-refractivity contribution in [2.45, 2.75) is 57.1 Å². The maximum absolute atomic E-state index is 6.91. The zero-order valence-corrected chi connectivity index (χ0v) is 16.2. The van der Waals surface area contributed by atoms with Crippen LogP contribution in [0.1, 0.15) is 40.5 Å². The fraction of sp³-hybridized carbons (Fsp3) is 0.556. The van der Waals surface area contributed by atoms with E-state index in [1.807, 2.05) is 0 Å². The van der Waals surface area contributed by atoms with Gasteiger partial charge in [0.25, 0.3) is 0 Å². The Hall–Kier alpha value is -0.383. The molecule has 3 heteroatoms. The van der Waals surface area contributed by atoms with Crippen molar-refractivity contribution < 1.29 is 4.43 Å². The van der Waals surface area contributed by atoms with Crippen molar-refractivity contribution in [3.63, 3.8) is 0 Å². The normalized spacial score (nSPS) is 28.1. The SMILES string of the molecule is C/C=C/[C@H](O[Si]1(c2ccccc2)CCCC1Br)C(C)(C)C. The second-order valence-electron chi connectivity index (χ2n) is 7.05. The molecule has 1 fully saturated rings. The van der Waals surface area contributed by atoms with Gasteiger partial charge in [-0.1, -0.05) is 85.6 Å². The van der Waals surface area contributed by atoms with Crippen LogP contribution >= 0.6 is 15.9 Å². The standard InChI is InChI=1S/C18H27BrOSi/c1-5-10-16(18(2,3)4)20-21(14-9-13-17(21)19)15-11-7-6-8-12-15/h5-8,10-12,16-17H,9,13-14H2,1-4H3/b10-5+/t16-,17?,21?/m0/s1. The number of allylic oxidation sites excluding steroid dienone is 1. The molecule has 1 aliphatic heterocycles. The van der Waals surface area contributed by atoms with Gasteiger partial charge in [-0.3, -0.25) is 0 Å². The molecular formula is C18H27BrOSi. The highest BCUT2D eigenvalue weighted by Crippen LogP contribution is 2.38. The van der Waals surface area contributed by atoms with Gasteiger partial charge in [-0.2, -0.15) is 0 Å². The summed E-state index contributed by atoms with van der Waals surface area (Å²) in [4.78, 5) is 0. The van der Waals surface area contributed by atoms with Crippen molar-refractivity contribution in [2.24, 2.45) is 5.41 Å². The van der Waals surface area contributed by atoms with Gasteiger partial charge >= 0.3 is 0 Å². The van der Waals surface area contributed by atoms with Crippen LogP contribution in [-0.2, 0) is 4.43 Å². The van der Waals surface area contributed by atoms with Crippen LogP contribution in [0.25, 0.3) is 0 Å². The number of hydrogen-bond donors (Lipinski definition) is 0. The van der Waals surface area contributed by atoms with Gasteiger partial charge in [-0.15, -0.1) is 0 Å². The first-order chi connectivity index (χ1) is 9.90. The third kappa shape index (κ3) is 3.69. The highest BCUT2D eigenvalue weighted by Gasteiger charge is 2.49. The number of rotatable bonds is 4. The van der Waals surface area contributed by atoms with Crippen LogP contribution in [0, 0.1) is 5.41 Å². The molecule has 1 aromatic carbocycles. The van der Waals surface area contributed by atoms with Gasteiger partial charge in [0.05, 0.1) is 6.10 Å². The molecule has 0 saturated carbocycles. The van der Waals surface area contributed by atoms with E-state index in [0.29, 0.717) is 4.45 Å². The lowest BCUT2D eigenvalue weighted by Gasteiger charge is -2.39. The number of alkyl halides is 1. The summed E-state index contributed by atoms with van der Waals surface area (Å²) in [6.45, 7) is 8.88. The van der Waals surface area contributed by atoms with Crippen LogP contribution in [0.4, 0.5) is 0 Å². The molecule has 1 aromatic rings. The molecule has 0 aliphatic carbocycles. The van der Waals surface area contributed by atoms with E-state index in [2.05, 4.69) is 86.1 Å². The van der Waals surface area contributed by atoms with Crippen molar-refractivity contribution in [3.8, 4) is 0 Å². The summed E-state index contributed by atoms with van der Waals surface area (Å²) in [5.74, 6) is 0. The fourth-order valence-corrected chi connectivity index (χ4v) is 9.62. The van der Waals surface area contributed by atoms with Crippen LogP contribution in [0.2, 0.25) is 6.04 Å². The Morgan fingerprint density at radius 1 is 1.29 bits per heavy atom. The molecule has 0 aromatic heterocycles. The van der Waals surface area contributed by atoms with E-state index in [1.54, 1.807) is 0 Å². The van der Waals surface area contributed by atoms with E-state index in [0.717, 1.165) is 0 Å². The monoisotopic (exact) mass is 366 g/mol. The largest absolute Gasteiger partial charge is 0.404 e. The summed E-state index contributed by atoms with van der Waals surface area (Å²) in [5, 5.41) is 1.43.